The van der Waals surface area contributed by atoms with Crippen molar-refractivity contribution in [3.8, 4) is 0 Å². The summed E-state index contributed by atoms with van der Waals surface area (Å²) >= 11 is 8.10. The molecule has 1 aromatic heterocycles. The number of aromatic nitrogens is 2. The van der Waals surface area contributed by atoms with Crippen LogP contribution in [0.25, 0.3) is 0 Å². The molecule has 1 unspecified atom stereocenters. The molecule has 0 aliphatic carbocycles. The summed E-state index contributed by atoms with van der Waals surface area (Å²) in [7, 11) is 1.95. The van der Waals surface area contributed by atoms with Crippen LogP contribution in [0.15, 0.2) is 35.5 Å². The van der Waals surface area contributed by atoms with E-state index >= 15 is 0 Å². The van der Waals surface area contributed by atoms with Gasteiger partial charge in [0.05, 0.1) is 6.20 Å². The molecule has 0 spiro atoms. The first kappa shape index (κ1) is 14.0. The monoisotopic (exact) mass is 307 g/mol. The molecule has 3 rings (SSSR count). The summed E-state index contributed by atoms with van der Waals surface area (Å²) < 4.78 is 1.84. The highest BCUT2D eigenvalue weighted by atomic mass is 35.5. The second-order valence-electron chi connectivity index (χ2n) is 5.13. The van der Waals surface area contributed by atoms with Crippen molar-refractivity contribution < 1.29 is 0 Å². The number of halogens is 1. The fourth-order valence-corrected chi connectivity index (χ4v) is 3.81. The molecule has 1 aromatic carbocycles. The summed E-state index contributed by atoms with van der Waals surface area (Å²) in [5, 5.41) is 8.68. The van der Waals surface area contributed by atoms with Crippen molar-refractivity contribution in [2.24, 2.45) is 7.05 Å². The van der Waals surface area contributed by atoms with E-state index in [4.69, 9.17) is 11.6 Å². The third kappa shape index (κ3) is 3.19. The molecule has 0 radical (unpaired) electrons. The Labute approximate surface area is 128 Å². The van der Waals surface area contributed by atoms with Gasteiger partial charge in [-0.1, -0.05) is 11.6 Å². The average molecular weight is 308 g/mol. The lowest BCUT2D eigenvalue weighted by atomic mass is 10.0. The van der Waals surface area contributed by atoms with E-state index in [1.807, 2.05) is 35.8 Å². The Morgan fingerprint density at radius 2 is 2.40 bits per heavy atom. The van der Waals surface area contributed by atoms with Gasteiger partial charge in [-0.05, 0) is 42.4 Å². The van der Waals surface area contributed by atoms with Crippen LogP contribution in [0.1, 0.15) is 30.0 Å². The van der Waals surface area contributed by atoms with Crippen LogP contribution in [-0.2, 0) is 13.6 Å². The lowest BCUT2D eigenvalue weighted by molar-refractivity contribution is 0.492. The third-order valence-electron chi connectivity index (χ3n) is 3.55. The number of rotatable bonds is 3. The number of hydrogen-bond donors (Lipinski definition) is 1. The van der Waals surface area contributed by atoms with E-state index in [1.54, 1.807) is 0 Å². The Hall–Kier alpha value is -0.970. The van der Waals surface area contributed by atoms with Gasteiger partial charge >= 0.3 is 0 Å². The lowest BCUT2D eigenvalue weighted by Gasteiger charge is -2.19. The predicted molar refractivity (Wildman–Crippen MR) is 84.2 cm³/mol. The highest BCUT2D eigenvalue weighted by Crippen LogP contribution is 2.36. The van der Waals surface area contributed by atoms with Crippen molar-refractivity contribution >= 4 is 23.4 Å². The quantitative estimate of drug-likeness (QED) is 0.935. The average Bonchev–Trinajstić information content (AvgIpc) is 2.74. The second-order valence-corrected chi connectivity index (χ2v) is 6.70. The first-order valence-electron chi connectivity index (χ1n) is 6.85. The number of benzene rings is 1. The van der Waals surface area contributed by atoms with E-state index in [1.165, 1.54) is 28.2 Å². The predicted octanol–water partition coefficient (Wildman–Crippen LogP) is 3.79. The van der Waals surface area contributed by atoms with Gasteiger partial charge in [0.1, 0.15) is 0 Å². The SMILES string of the molecule is Cn1cc(CNC2CCCSc3ccc(Cl)cc32)cn1. The van der Waals surface area contributed by atoms with Gasteiger partial charge in [0.2, 0.25) is 0 Å². The summed E-state index contributed by atoms with van der Waals surface area (Å²) in [6, 6.07) is 6.61. The number of aryl methyl sites for hydroxylation is 1. The van der Waals surface area contributed by atoms with Crippen LogP contribution in [0.2, 0.25) is 5.02 Å². The van der Waals surface area contributed by atoms with Gasteiger partial charge in [-0.15, -0.1) is 11.8 Å². The maximum absolute atomic E-state index is 6.17. The van der Waals surface area contributed by atoms with E-state index in [-0.39, 0.29) is 0 Å². The van der Waals surface area contributed by atoms with Crippen molar-refractivity contribution in [1.82, 2.24) is 15.1 Å². The first-order valence-corrected chi connectivity index (χ1v) is 8.22. The van der Waals surface area contributed by atoms with Gasteiger partial charge in [-0.25, -0.2) is 0 Å². The summed E-state index contributed by atoms with van der Waals surface area (Å²) in [6.45, 7) is 0.842. The molecule has 0 fully saturated rings. The van der Waals surface area contributed by atoms with E-state index in [2.05, 4.69) is 28.7 Å². The van der Waals surface area contributed by atoms with Crippen molar-refractivity contribution in [2.45, 2.75) is 30.3 Å². The maximum Gasteiger partial charge on any atom is 0.0534 e. The lowest BCUT2D eigenvalue weighted by Crippen LogP contribution is -2.20. The number of hydrogen-bond acceptors (Lipinski definition) is 3. The number of fused-ring (bicyclic) bond motifs is 1. The number of nitrogens with zero attached hydrogens (tertiary/aromatic N) is 2. The largest absolute Gasteiger partial charge is 0.306 e. The Balaban J connectivity index is 1.77. The molecule has 0 bridgehead atoms. The fourth-order valence-electron chi connectivity index (χ4n) is 2.56. The molecular weight excluding hydrogens is 290 g/mol. The zero-order chi connectivity index (χ0) is 13.9. The highest BCUT2D eigenvalue weighted by molar-refractivity contribution is 7.99. The normalized spacial score (nSPS) is 18.6. The molecule has 3 nitrogen and oxygen atoms in total. The van der Waals surface area contributed by atoms with E-state index in [0.29, 0.717) is 6.04 Å². The van der Waals surface area contributed by atoms with Crippen LogP contribution in [-0.4, -0.2) is 15.5 Å². The zero-order valence-electron chi connectivity index (χ0n) is 11.5. The van der Waals surface area contributed by atoms with Gasteiger partial charge in [0, 0.05) is 41.3 Å². The van der Waals surface area contributed by atoms with Crippen LogP contribution in [0.3, 0.4) is 0 Å². The molecule has 0 saturated heterocycles. The van der Waals surface area contributed by atoms with Crippen molar-refractivity contribution in [2.75, 3.05) is 5.75 Å². The standard InChI is InChI=1S/C15H18ClN3S/c1-19-10-11(9-18-19)8-17-14-3-2-6-20-15-5-4-12(16)7-13(14)15/h4-5,7,9-10,14,17H,2-3,6,8H2,1H3. The molecule has 0 saturated carbocycles. The molecule has 1 aliphatic heterocycles. The molecule has 106 valence electrons. The van der Waals surface area contributed by atoms with Crippen LogP contribution in [0.5, 0.6) is 0 Å². The number of nitrogens with one attached hydrogen (secondary N) is 1. The van der Waals surface area contributed by atoms with Gasteiger partial charge < -0.3 is 5.32 Å². The summed E-state index contributed by atoms with van der Waals surface area (Å²) in [6.07, 6.45) is 6.34. The van der Waals surface area contributed by atoms with E-state index < -0.39 is 0 Å². The minimum absolute atomic E-state index is 0.374. The van der Waals surface area contributed by atoms with Gasteiger partial charge in [-0.2, -0.15) is 5.10 Å². The first-order chi connectivity index (χ1) is 9.72. The molecule has 0 amide bonds. The second kappa shape index (κ2) is 6.20. The van der Waals surface area contributed by atoms with Crippen LogP contribution < -0.4 is 5.32 Å². The van der Waals surface area contributed by atoms with Gasteiger partial charge in [0.15, 0.2) is 0 Å². The maximum atomic E-state index is 6.17. The summed E-state index contributed by atoms with van der Waals surface area (Å²) in [5.74, 6) is 1.18. The Bertz CT molecular complexity index is 597. The summed E-state index contributed by atoms with van der Waals surface area (Å²) in [5.41, 5.74) is 2.55. The number of thioether (sulfide) groups is 1. The minimum atomic E-state index is 0.374. The van der Waals surface area contributed by atoms with Crippen LogP contribution >= 0.6 is 23.4 Å². The Morgan fingerprint density at radius 3 is 3.20 bits per heavy atom. The topological polar surface area (TPSA) is 29.9 Å². The van der Waals surface area contributed by atoms with Crippen molar-refractivity contribution in [1.29, 1.82) is 0 Å². The third-order valence-corrected chi connectivity index (χ3v) is 4.96. The van der Waals surface area contributed by atoms with Crippen LogP contribution in [0, 0.1) is 0 Å². The summed E-state index contributed by atoms with van der Waals surface area (Å²) in [4.78, 5) is 1.36. The van der Waals surface area contributed by atoms with Crippen LogP contribution in [0.4, 0.5) is 0 Å². The molecule has 2 heterocycles. The van der Waals surface area contributed by atoms with E-state index in [0.717, 1.165) is 18.0 Å². The van der Waals surface area contributed by atoms with E-state index in [9.17, 15) is 0 Å². The molecule has 20 heavy (non-hydrogen) atoms. The minimum Gasteiger partial charge on any atom is -0.306 e. The van der Waals surface area contributed by atoms with Gasteiger partial charge in [-0.3, -0.25) is 4.68 Å². The molecule has 2 aromatic rings. The molecule has 1 aliphatic rings. The Morgan fingerprint density at radius 1 is 1.50 bits per heavy atom. The smallest absolute Gasteiger partial charge is 0.0534 e. The zero-order valence-corrected chi connectivity index (χ0v) is 13.0. The Kier molecular flexibility index (Phi) is 4.34. The molecule has 1 atom stereocenters. The highest BCUT2D eigenvalue weighted by Gasteiger charge is 2.19. The van der Waals surface area contributed by atoms with Crippen molar-refractivity contribution in [3.05, 3.63) is 46.7 Å². The fraction of sp³-hybridized carbons (Fsp3) is 0.400. The molecule has 1 N–H and O–H groups in total. The van der Waals surface area contributed by atoms with Gasteiger partial charge in [0.25, 0.3) is 0 Å². The molecular formula is C15H18ClN3S. The molecule has 5 heteroatoms. The van der Waals surface area contributed by atoms with Crippen molar-refractivity contribution in [3.63, 3.8) is 0 Å².